The molecule has 0 heterocycles. The standard InChI is InChI=1S/C14H24O/c1-2-3-4-5-14(15)10-13-9-11-6-7-12(13)8-11/h2,11-15H,1,3-10H2. The maximum absolute atomic E-state index is 9.93. The third-order valence-electron chi connectivity index (χ3n) is 4.40. The molecule has 0 radical (unpaired) electrons. The van der Waals surface area contributed by atoms with Crippen molar-refractivity contribution in [2.45, 2.75) is 57.5 Å². The number of allylic oxidation sites excluding steroid dienone is 1. The van der Waals surface area contributed by atoms with Gasteiger partial charge in [-0.05, 0) is 62.7 Å². The Hall–Kier alpha value is -0.300. The van der Waals surface area contributed by atoms with Gasteiger partial charge in [0.05, 0.1) is 6.10 Å². The van der Waals surface area contributed by atoms with Crippen molar-refractivity contribution in [3.8, 4) is 0 Å². The minimum absolute atomic E-state index is 0.0469. The van der Waals surface area contributed by atoms with E-state index < -0.39 is 0 Å². The van der Waals surface area contributed by atoms with Gasteiger partial charge in [-0.15, -0.1) is 6.58 Å². The van der Waals surface area contributed by atoms with E-state index in [-0.39, 0.29) is 6.10 Å². The number of rotatable bonds is 6. The van der Waals surface area contributed by atoms with Crippen molar-refractivity contribution in [1.29, 1.82) is 0 Å². The highest BCUT2D eigenvalue weighted by atomic mass is 16.3. The Morgan fingerprint density at radius 1 is 1.33 bits per heavy atom. The van der Waals surface area contributed by atoms with Gasteiger partial charge < -0.3 is 5.11 Å². The molecule has 0 aromatic rings. The van der Waals surface area contributed by atoms with E-state index in [0.29, 0.717) is 0 Å². The predicted molar refractivity (Wildman–Crippen MR) is 63.6 cm³/mol. The molecule has 1 heteroatoms. The largest absolute Gasteiger partial charge is 0.393 e. The molecule has 15 heavy (non-hydrogen) atoms. The van der Waals surface area contributed by atoms with Gasteiger partial charge in [0.2, 0.25) is 0 Å². The first-order valence-electron chi connectivity index (χ1n) is 6.58. The number of aliphatic hydroxyl groups is 1. The normalized spacial score (nSPS) is 35.7. The van der Waals surface area contributed by atoms with E-state index in [1.54, 1.807) is 0 Å². The summed E-state index contributed by atoms with van der Waals surface area (Å²) in [6, 6.07) is 0. The van der Waals surface area contributed by atoms with Gasteiger partial charge in [-0.1, -0.05) is 12.5 Å². The van der Waals surface area contributed by atoms with Crippen molar-refractivity contribution in [2.75, 3.05) is 0 Å². The van der Waals surface area contributed by atoms with Gasteiger partial charge >= 0.3 is 0 Å². The molecule has 0 aromatic heterocycles. The molecule has 2 saturated carbocycles. The first-order valence-corrected chi connectivity index (χ1v) is 6.58. The van der Waals surface area contributed by atoms with Crippen LogP contribution in [0.5, 0.6) is 0 Å². The molecule has 2 bridgehead atoms. The van der Waals surface area contributed by atoms with Crippen LogP contribution in [0.15, 0.2) is 12.7 Å². The summed E-state index contributed by atoms with van der Waals surface area (Å²) in [5.74, 6) is 2.83. The Bertz CT molecular complexity index is 211. The van der Waals surface area contributed by atoms with Crippen molar-refractivity contribution in [3.63, 3.8) is 0 Å². The van der Waals surface area contributed by atoms with Crippen LogP contribution in [0.1, 0.15) is 51.4 Å². The van der Waals surface area contributed by atoms with E-state index in [2.05, 4.69) is 6.58 Å². The van der Waals surface area contributed by atoms with Crippen molar-refractivity contribution in [2.24, 2.45) is 17.8 Å². The Morgan fingerprint density at radius 2 is 2.20 bits per heavy atom. The topological polar surface area (TPSA) is 20.2 Å². The summed E-state index contributed by atoms with van der Waals surface area (Å²) in [5, 5.41) is 9.93. The zero-order valence-corrected chi connectivity index (χ0v) is 9.70. The Balaban J connectivity index is 1.66. The lowest BCUT2D eigenvalue weighted by molar-refractivity contribution is 0.115. The lowest BCUT2D eigenvalue weighted by atomic mass is 9.84. The predicted octanol–water partition coefficient (Wildman–Crippen LogP) is 3.53. The Morgan fingerprint density at radius 3 is 2.80 bits per heavy atom. The van der Waals surface area contributed by atoms with Gasteiger partial charge in [-0.3, -0.25) is 0 Å². The molecular weight excluding hydrogens is 184 g/mol. The number of hydrogen-bond donors (Lipinski definition) is 1. The maximum atomic E-state index is 9.93. The Labute approximate surface area is 93.6 Å². The molecule has 4 atom stereocenters. The molecule has 1 N–H and O–H groups in total. The summed E-state index contributed by atoms with van der Waals surface area (Å²) >= 11 is 0. The summed E-state index contributed by atoms with van der Waals surface area (Å²) in [6.07, 6.45) is 11.9. The van der Waals surface area contributed by atoms with Crippen LogP contribution in [0.3, 0.4) is 0 Å². The second kappa shape index (κ2) is 5.16. The highest BCUT2D eigenvalue weighted by Crippen LogP contribution is 2.50. The van der Waals surface area contributed by atoms with Gasteiger partial charge in [0.25, 0.3) is 0 Å². The van der Waals surface area contributed by atoms with Gasteiger partial charge in [0, 0.05) is 0 Å². The molecule has 2 fully saturated rings. The second-order valence-electron chi connectivity index (χ2n) is 5.54. The number of fused-ring (bicyclic) bond motifs is 2. The highest BCUT2D eigenvalue weighted by Gasteiger charge is 2.39. The fourth-order valence-electron chi connectivity index (χ4n) is 3.63. The molecule has 0 spiro atoms. The summed E-state index contributed by atoms with van der Waals surface area (Å²) in [4.78, 5) is 0. The fourth-order valence-corrected chi connectivity index (χ4v) is 3.63. The minimum Gasteiger partial charge on any atom is -0.393 e. The molecule has 86 valence electrons. The van der Waals surface area contributed by atoms with Crippen LogP contribution < -0.4 is 0 Å². The quantitative estimate of drug-likeness (QED) is 0.523. The van der Waals surface area contributed by atoms with E-state index >= 15 is 0 Å². The maximum Gasteiger partial charge on any atom is 0.0543 e. The summed E-state index contributed by atoms with van der Waals surface area (Å²) in [5.41, 5.74) is 0. The molecule has 2 aliphatic rings. The van der Waals surface area contributed by atoms with Crippen LogP contribution in [0.2, 0.25) is 0 Å². The van der Waals surface area contributed by atoms with E-state index in [4.69, 9.17) is 0 Å². The molecule has 1 nitrogen and oxygen atoms in total. The summed E-state index contributed by atoms with van der Waals surface area (Å²) < 4.78 is 0. The molecule has 2 rings (SSSR count). The molecule has 2 aliphatic carbocycles. The van der Waals surface area contributed by atoms with Crippen LogP contribution >= 0.6 is 0 Å². The molecule has 0 saturated heterocycles. The third kappa shape index (κ3) is 2.84. The van der Waals surface area contributed by atoms with Gasteiger partial charge in [0.15, 0.2) is 0 Å². The van der Waals surface area contributed by atoms with Gasteiger partial charge in [0.1, 0.15) is 0 Å². The molecule has 4 unspecified atom stereocenters. The molecule has 0 aliphatic heterocycles. The smallest absolute Gasteiger partial charge is 0.0543 e. The molecule has 0 amide bonds. The van der Waals surface area contributed by atoms with Crippen molar-refractivity contribution in [1.82, 2.24) is 0 Å². The molecular formula is C14H24O. The monoisotopic (exact) mass is 208 g/mol. The summed E-state index contributed by atoms with van der Waals surface area (Å²) in [6.45, 7) is 3.71. The fraction of sp³-hybridized carbons (Fsp3) is 0.857. The van der Waals surface area contributed by atoms with Crippen molar-refractivity contribution >= 4 is 0 Å². The third-order valence-corrected chi connectivity index (χ3v) is 4.40. The van der Waals surface area contributed by atoms with E-state index in [0.717, 1.165) is 43.4 Å². The van der Waals surface area contributed by atoms with E-state index in [1.165, 1.54) is 25.7 Å². The number of aliphatic hydroxyl groups excluding tert-OH is 1. The summed E-state index contributed by atoms with van der Waals surface area (Å²) in [7, 11) is 0. The number of unbranched alkanes of at least 4 members (excludes halogenated alkanes) is 1. The highest BCUT2D eigenvalue weighted by molar-refractivity contribution is 4.90. The van der Waals surface area contributed by atoms with Crippen LogP contribution in [0.4, 0.5) is 0 Å². The van der Waals surface area contributed by atoms with Crippen LogP contribution in [0, 0.1) is 17.8 Å². The van der Waals surface area contributed by atoms with E-state index in [1.807, 2.05) is 6.08 Å². The van der Waals surface area contributed by atoms with Crippen LogP contribution in [-0.4, -0.2) is 11.2 Å². The van der Waals surface area contributed by atoms with Crippen molar-refractivity contribution in [3.05, 3.63) is 12.7 Å². The number of hydrogen-bond acceptors (Lipinski definition) is 1. The van der Waals surface area contributed by atoms with Gasteiger partial charge in [-0.25, -0.2) is 0 Å². The first kappa shape index (κ1) is 11.2. The minimum atomic E-state index is -0.0469. The lowest BCUT2D eigenvalue weighted by Crippen LogP contribution is -2.18. The molecule has 0 aromatic carbocycles. The lowest BCUT2D eigenvalue weighted by Gasteiger charge is -2.24. The zero-order chi connectivity index (χ0) is 10.7. The first-order chi connectivity index (χ1) is 7.29. The van der Waals surface area contributed by atoms with E-state index in [9.17, 15) is 5.11 Å². The van der Waals surface area contributed by atoms with Crippen LogP contribution in [0.25, 0.3) is 0 Å². The second-order valence-corrected chi connectivity index (χ2v) is 5.54. The average Bonchev–Trinajstić information content (AvgIpc) is 2.79. The average molecular weight is 208 g/mol. The van der Waals surface area contributed by atoms with Gasteiger partial charge in [-0.2, -0.15) is 0 Å². The Kier molecular flexibility index (Phi) is 3.85. The van der Waals surface area contributed by atoms with Crippen molar-refractivity contribution < 1.29 is 5.11 Å². The van der Waals surface area contributed by atoms with Crippen LogP contribution in [-0.2, 0) is 0 Å². The zero-order valence-electron chi connectivity index (χ0n) is 9.70. The SMILES string of the molecule is C=CCCCC(O)CC1CC2CCC1C2.